The number of nitrogens with two attached hydrogens (primary N) is 2. The summed E-state index contributed by atoms with van der Waals surface area (Å²) in [5.74, 6) is -0.688. The first kappa shape index (κ1) is 32.0. The summed E-state index contributed by atoms with van der Waals surface area (Å²) in [6.45, 7) is 4.45. The van der Waals surface area contributed by atoms with Gasteiger partial charge < -0.3 is 26.6 Å². The fourth-order valence-electron chi connectivity index (χ4n) is 3.72. The zero-order valence-corrected chi connectivity index (χ0v) is 23.5. The third kappa shape index (κ3) is 9.19. The normalized spacial score (nSPS) is 11.7. The average Bonchev–Trinajstić information content (AvgIpc) is 2.89. The number of carboxylic acids is 1. The lowest BCUT2D eigenvalue weighted by Crippen LogP contribution is -2.27. The van der Waals surface area contributed by atoms with E-state index >= 15 is 0 Å². The van der Waals surface area contributed by atoms with Gasteiger partial charge in [-0.3, -0.25) is 14.8 Å². The standard InChI is InChI=1S/C27H30N4O4.CH4O3S/c1-15(2)14-31-26(32)18-8-10-21(23(12-18)27(33)34)20-11-9-19(35-3)13-22(20)24(28)16-4-6-17(7-5-16)25(29)30;1-5(2,3)4/h4-13,15,24H,14,28H2,1-3H3,(H3,29,30)(H,31,32)(H,33,34);1H3,(H,2,3,4). The maximum Gasteiger partial charge on any atom is 0.336 e. The molecule has 8 N–H and O–H groups in total. The molecule has 1 amide bonds. The first-order valence-corrected chi connectivity index (χ1v) is 13.9. The largest absolute Gasteiger partial charge is 0.497 e. The Morgan fingerprint density at radius 1 is 1.00 bits per heavy atom. The van der Waals surface area contributed by atoms with Gasteiger partial charge in [-0.1, -0.05) is 50.2 Å². The van der Waals surface area contributed by atoms with Crippen LogP contribution in [0.15, 0.2) is 60.7 Å². The number of carbonyl (C=O) groups is 2. The Balaban J connectivity index is 0.00000103. The second kappa shape index (κ2) is 13.7. The molecular weight excluding hydrogens is 536 g/mol. The van der Waals surface area contributed by atoms with Crippen molar-refractivity contribution >= 4 is 27.8 Å². The van der Waals surface area contributed by atoms with Crippen LogP contribution in [0.1, 0.15) is 57.3 Å². The van der Waals surface area contributed by atoms with Gasteiger partial charge in [0.25, 0.3) is 16.0 Å². The first-order chi connectivity index (χ1) is 18.6. The number of amides is 1. The van der Waals surface area contributed by atoms with Crippen molar-refractivity contribution in [1.29, 1.82) is 5.41 Å². The molecule has 0 aromatic heterocycles. The van der Waals surface area contributed by atoms with Gasteiger partial charge in [0.05, 0.1) is 25.0 Å². The molecule has 1 atom stereocenters. The van der Waals surface area contributed by atoms with Gasteiger partial charge in [-0.25, -0.2) is 4.79 Å². The van der Waals surface area contributed by atoms with E-state index in [0.717, 1.165) is 5.56 Å². The molecule has 3 aromatic carbocycles. The minimum absolute atomic E-state index is 0.00672. The molecule has 0 aliphatic carbocycles. The summed E-state index contributed by atoms with van der Waals surface area (Å²) >= 11 is 0. The van der Waals surface area contributed by atoms with Crippen molar-refractivity contribution < 1.29 is 32.4 Å². The summed E-state index contributed by atoms with van der Waals surface area (Å²) in [5, 5.41) is 20.4. The van der Waals surface area contributed by atoms with E-state index in [9.17, 15) is 23.1 Å². The van der Waals surface area contributed by atoms with Crippen molar-refractivity contribution in [1.82, 2.24) is 5.32 Å². The third-order valence-electron chi connectivity index (χ3n) is 5.65. The predicted octanol–water partition coefficient (Wildman–Crippen LogP) is 3.28. The molecule has 40 heavy (non-hydrogen) atoms. The van der Waals surface area contributed by atoms with Crippen LogP contribution in [-0.4, -0.2) is 55.7 Å². The van der Waals surface area contributed by atoms with E-state index < -0.39 is 22.1 Å². The van der Waals surface area contributed by atoms with Crippen LogP contribution in [0.25, 0.3) is 11.1 Å². The molecule has 0 aliphatic rings. The number of methoxy groups -OCH3 is 1. The SMILES string of the molecule is COc1ccc(-c2ccc(C(=O)NCC(C)C)cc2C(=O)O)c(C(N)c2ccc(C(=N)N)cc2)c1.CS(=O)(=O)O. The summed E-state index contributed by atoms with van der Waals surface area (Å²) < 4.78 is 31.3. The van der Waals surface area contributed by atoms with Crippen molar-refractivity contribution in [3.8, 4) is 16.9 Å². The molecule has 12 heteroatoms. The van der Waals surface area contributed by atoms with Gasteiger partial charge in [-0.15, -0.1) is 0 Å². The molecule has 0 heterocycles. The monoisotopic (exact) mass is 570 g/mol. The van der Waals surface area contributed by atoms with Crippen molar-refractivity contribution in [3.05, 3.63) is 88.5 Å². The predicted molar refractivity (Wildman–Crippen MR) is 154 cm³/mol. The van der Waals surface area contributed by atoms with Crippen molar-refractivity contribution in [2.24, 2.45) is 17.4 Å². The number of ether oxygens (including phenoxy) is 1. The minimum atomic E-state index is -3.67. The number of nitrogens with one attached hydrogen (secondary N) is 2. The molecule has 11 nitrogen and oxygen atoms in total. The van der Waals surface area contributed by atoms with E-state index in [1.807, 2.05) is 13.8 Å². The van der Waals surface area contributed by atoms with Crippen LogP contribution >= 0.6 is 0 Å². The second-order valence-corrected chi connectivity index (χ2v) is 10.8. The molecule has 0 radical (unpaired) electrons. The number of amidine groups is 1. The molecule has 3 rings (SSSR count). The molecular formula is C28H34N4O7S. The number of carboxylic acid groups (broad SMARTS) is 1. The fourth-order valence-corrected chi connectivity index (χ4v) is 3.72. The molecule has 0 fully saturated rings. The van der Waals surface area contributed by atoms with Gasteiger partial charge >= 0.3 is 5.97 Å². The van der Waals surface area contributed by atoms with E-state index in [1.165, 1.54) is 6.07 Å². The Labute approximate surface area is 233 Å². The Bertz CT molecular complexity index is 1480. The van der Waals surface area contributed by atoms with Crippen LogP contribution in [0, 0.1) is 11.3 Å². The topological polar surface area (TPSA) is 206 Å². The number of aromatic carboxylic acids is 1. The lowest BCUT2D eigenvalue weighted by molar-refractivity contribution is 0.0697. The smallest absolute Gasteiger partial charge is 0.336 e. The Morgan fingerprint density at radius 3 is 2.05 bits per heavy atom. The van der Waals surface area contributed by atoms with Crippen molar-refractivity contribution in [2.75, 3.05) is 19.9 Å². The van der Waals surface area contributed by atoms with Gasteiger partial charge in [0.2, 0.25) is 0 Å². The van der Waals surface area contributed by atoms with E-state index in [-0.39, 0.29) is 28.8 Å². The number of rotatable bonds is 9. The number of hydrogen-bond acceptors (Lipinski definition) is 7. The Morgan fingerprint density at radius 2 is 1.55 bits per heavy atom. The summed E-state index contributed by atoms with van der Waals surface area (Å²) in [6, 6.07) is 16.3. The van der Waals surface area contributed by atoms with Crippen LogP contribution in [-0.2, 0) is 10.1 Å². The Hall–Kier alpha value is -4.26. The molecule has 214 valence electrons. The van der Waals surface area contributed by atoms with Gasteiger partial charge in [-0.2, -0.15) is 8.42 Å². The summed E-state index contributed by atoms with van der Waals surface area (Å²) in [5.41, 5.74) is 15.5. The van der Waals surface area contributed by atoms with E-state index in [1.54, 1.807) is 61.7 Å². The lowest BCUT2D eigenvalue weighted by Gasteiger charge is -2.20. The highest BCUT2D eigenvalue weighted by atomic mass is 32.2. The average molecular weight is 571 g/mol. The number of hydrogen-bond donors (Lipinski definition) is 6. The van der Waals surface area contributed by atoms with E-state index in [2.05, 4.69) is 5.32 Å². The van der Waals surface area contributed by atoms with Crippen LogP contribution in [0.5, 0.6) is 5.75 Å². The number of carbonyl (C=O) groups excluding carboxylic acids is 1. The number of benzene rings is 3. The minimum Gasteiger partial charge on any atom is -0.497 e. The van der Waals surface area contributed by atoms with Crippen molar-refractivity contribution in [2.45, 2.75) is 19.9 Å². The van der Waals surface area contributed by atoms with Crippen LogP contribution in [0.2, 0.25) is 0 Å². The van der Waals surface area contributed by atoms with E-state index in [0.29, 0.717) is 40.8 Å². The highest BCUT2D eigenvalue weighted by Gasteiger charge is 2.21. The quantitative estimate of drug-likeness (QED) is 0.127. The summed E-state index contributed by atoms with van der Waals surface area (Å²) in [6.07, 6.45) is 0.715. The van der Waals surface area contributed by atoms with Gasteiger partial charge in [0.1, 0.15) is 11.6 Å². The molecule has 1 unspecified atom stereocenters. The van der Waals surface area contributed by atoms with E-state index in [4.69, 9.17) is 26.2 Å². The molecule has 0 saturated heterocycles. The molecule has 0 spiro atoms. The molecule has 0 aliphatic heterocycles. The second-order valence-electron chi connectivity index (χ2n) is 9.37. The highest BCUT2D eigenvalue weighted by molar-refractivity contribution is 7.85. The molecule has 0 bridgehead atoms. The van der Waals surface area contributed by atoms with Crippen LogP contribution in [0.4, 0.5) is 0 Å². The zero-order chi connectivity index (χ0) is 30.2. The van der Waals surface area contributed by atoms with Crippen LogP contribution in [0.3, 0.4) is 0 Å². The maximum absolute atomic E-state index is 12.5. The third-order valence-corrected chi connectivity index (χ3v) is 5.65. The molecule has 0 saturated carbocycles. The first-order valence-electron chi connectivity index (χ1n) is 12.1. The fraction of sp³-hybridized carbons (Fsp3) is 0.250. The summed E-state index contributed by atoms with van der Waals surface area (Å²) in [7, 11) is -2.13. The molecule has 3 aromatic rings. The zero-order valence-electron chi connectivity index (χ0n) is 22.6. The van der Waals surface area contributed by atoms with Gasteiger partial charge in [0.15, 0.2) is 0 Å². The Kier molecular flexibility index (Phi) is 10.9. The number of nitrogen functional groups attached to an aromatic ring is 1. The summed E-state index contributed by atoms with van der Waals surface area (Å²) in [4.78, 5) is 24.7. The lowest BCUT2D eigenvalue weighted by atomic mass is 9.88. The van der Waals surface area contributed by atoms with Gasteiger partial charge in [-0.05, 0) is 52.4 Å². The van der Waals surface area contributed by atoms with Crippen LogP contribution < -0.4 is 21.5 Å². The maximum atomic E-state index is 12.5. The highest BCUT2D eigenvalue weighted by Crippen LogP contribution is 2.36. The van der Waals surface area contributed by atoms with Crippen molar-refractivity contribution in [3.63, 3.8) is 0 Å². The van der Waals surface area contributed by atoms with Gasteiger partial charge in [0, 0.05) is 17.7 Å².